The molecule has 0 fully saturated rings. The highest BCUT2D eigenvalue weighted by atomic mass is 16.5. The molecule has 1 aromatic carbocycles. The Kier molecular flexibility index (Phi) is 2.60. The van der Waals surface area contributed by atoms with Crippen molar-refractivity contribution in [3.05, 3.63) is 29.3 Å². The number of aliphatic hydroxyl groups excluding tert-OH is 1. The highest BCUT2D eigenvalue weighted by Crippen LogP contribution is 2.40. The third kappa shape index (κ3) is 1.99. The van der Waals surface area contributed by atoms with Crippen molar-refractivity contribution in [1.82, 2.24) is 0 Å². The van der Waals surface area contributed by atoms with Crippen molar-refractivity contribution < 1.29 is 24.9 Å². The molecule has 0 aromatic heterocycles. The maximum absolute atomic E-state index is 10.8. The summed E-state index contributed by atoms with van der Waals surface area (Å²) in [6, 6.07) is 4.27. The Balaban J connectivity index is 2.39. The van der Waals surface area contributed by atoms with Crippen molar-refractivity contribution in [2.75, 3.05) is 0 Å². The Bertz CT molecular complexity index is 460. The fourth-order valence-electron chi connectivity index (χ4n) is 1.91. The van der Waals surface area contributed by atoms with Crippen LogP contribution in [0.4, 0.5) is 0 Å². The summed E-state index contributed by atoms with van der Waals surface area (Å²) < 4.78 is 5.43. The molecule has 2 atom stereocenters. The van der Waals surface area contributed by atoms with E-state index in [-0.39, 0.29) is 5.56 Å². The third-order valence-corrected chi connectivity index (χ3v) is 2.81. The summed E-state index contributed by atoms with van der Waals surface area (Å²) in [5.74, 6) is -0.652. The number of carbonyl (C=O) groups is 1. The summed E-state index contributed by atoms with van der Waals surface area (Å²) in [6.45, 7) is 3.07. The van der Waals surface area contributed by atoms with Gasteiger partial charge in [0.25, 0.3) is 0 Å². The number of benzene rings is 1. The number of carboxylic acids is 1. The maximum atomic E-state index is 10.8. The van der Waals surface area contributed by atoms with E-state index in [1.807, 2.05) is 0 Å². The second-order valence-corrected chi connectivity index (χ2v) is 4.69. The first-order valence-corrected chi connectivity index (χ1v) is 5.25. The van der Waals surface area contributed by atoms with Crippen LogP contribution >= 0.6 is 0 Å². The first-order chi connectivity index (χ1) is 7.80. The molecule has 0 bridgehead atoms. The van der Waals surface area contributed by atoms with E-state index < -0.39 is 23.8 Å². The van der Waals surface area contributed by atoms with Gasteiger partial charge in [-0.15, -0.1) is 0 Å². The molecule has 1 aliphatic rings. The predicted molar refractivity (Wildman–Crippen MR) is 59.1 cm³/mol. The van der Waals surface area contributed by atoms with Gasteiger partial charge in [-0.05, 0) is 32.0 Å². The first kappa shape index (κ1) is 11.9. The molecule has 0 saturated heterocycles. The quantitative estimate of drug-likeness (QED) is 0.714. The average molecular weight is 238 g/mol. The molecular formula is C12H14O5. The van der Waals surface area contributed by atoms with Crippen LogP contribution in [-0.4, -0.2) is 33.0 Å². The summed E-state index contributed by atoms with van der Waals surface area (Å²) in [6.07, 6.45) is -1.81. The van der Waals surface area contributed by atoms with Crippen LogP contribution < -0.4 is 4.74 Å². The fraction of sp³-hybridized carbons (Fsp3) is 0.417. The second-order valence-electron chi connectivity index (χ2n) is 4.69. The fourth-order valence-corrected chi connectivity index (χ4v) is 1.91. The number of aliphatic hydroxyl groups is 2. The molecule has 0 amide bonds. The lowest BCUT2D eigenvalue weighted by molar-refractivity contribution is -0.0762. The topological polar surface area (TPSA) is 87.0 Å². The minimum Gasteiger partial charge on any atom is -0.484 e. The van der Waals surface area contributed by atoms with E-state index in [2.05, 4.69) is 0 Å². The largest absolute Gasteiger partial charge is 0.484 e. The van der Waals surface area contributed by atoms with E-state index in [1.54, 1.807) is 0 Å². The molecule has 0 aliphatic carbocycles. The highest BCUT2D eigenvalue weighted by Gasteiger charge is 2.42. The number of hydrogen-bond acceptors (Lipinski definition) is 4. The zero-order valence-corrected chi connectivity index (χ0v) is 9.54. The van der Waals surface area contributed by atoms with Gasteiger partial charge in [0.05, 0.1) is 11.2 Å². The summed E-state index contributed by atoms with van der Waals surface area (Å²) >= 11 is 0. The van der Waals surface area contributed by atoms with Gasteiger partial charge in [-0.1, -0.05) is 0 Å². The van der Waals surface area contributed by atoms with Crippen molar-refractivity contribution in [2.24, 2.45) is 0 Å². The van der Waals surface area contributed by atoms with Crippen LogP contribution in [0.5, 0.6) is 5.75 Å². The van der Waals surface area contributed by atoms with Crippen molar-refractivity contribution in [1.29, 1.82) is 0 Å². The zero-order chi connectivity index (χ0) is 12.8. The average Bonchev–Trinajstić information content (AvgIpc) is 2.55. The number of aromatic carboxylic acids is 1. The highest BCUT2D eigenvalue weighted by molar-refractivity contribution is 5.88. The lowest BCUT2D eigenvalue weighted by atomic mass is 9.94. The molecule has 2 unspecified atom stereocenters. The second kappa shape index (κ2) is 3.72. The van der Waals surface area contributed by atoms with E-state index >= 15 is 0 Å². The Labute approximate surface area is 98.3 Å². The van der Waals surface area contributed by atoms with Gasteiger partial charge in [-0.2, -0.15) is 0 Å². The van der Waals surface area contributed by atoms with Crippen LogP contribution in [0.2, 0.25) is 0 Å². The molecule has 3 N–H and O–H groups in total. The maximum Gasteiger partial charge on any atom is 0.335 e. The molecule has 5 heteroatoms. The van der Waals surface area contributed by atoms with E-state index in [0.29, 0.717) is 11.3 Å². The Hall–Kier alpha value is -1.59. The number of ether oxygens (including phenoxy) is 1. The van der Waals surface area contributed by atoms with Crippen LogP contribution in [0.3, 0.4) is 0 Å². The van der Waals surface area contributed by atoms with Gasteiger partial charge in [-0.3, -0.25) is 0 Å². The van der Waals surface area contributed by atoms with Crippen LogP contribution in [0.1, 0.15) is 35.9 Å². The van der Waals surface area contributed by atoms with Gasteiger partial charge in [0.2, 0.25) is 0 Å². The lowest BCUT2D eigenvalue weighted by Gasteiger charge is -2.27. The number of fused-ring (bicyclic) bond motifs is 1. The summed E-state index contributed by atoms with van der Waals surface area (Å²) in [5.41, 5.74) is -0.721. The van der Waals surface area contributed by atoms with Crippen LogP contribution in [0, 0.1) is 0 Å². The van der Waals surface area contributed by atoms with E-state index in [9.17, 15) is 15.0 Å². The van der Waals surface area contributed by atoms with Crippen LogP contribution in [0.25, 0.3) is 0 Å². The smallest absolute Gasteiger partial charge is 0.335 e. The van der Waals surface area contributed by atoms with Gasteiger partial charge in [0.15, 0.2) is 6.10 Å². The normalized spacial score (nSPS) is 23.1. The SMILES string of the molecule is CC(C)(O)C1Oc2ccc(C(=O)O)cc2C1O. The first-order valence-electron chi connectivity index (χ1n) is 5.25. The number of hydrogen-bond donors (Lipinski definition) is 3. The Morgan fingerprint density at radius 2 is 2.06 bits per heavy atom. The van der Waals surface area contributed by atoms with Crippen molar-refractivity contribution in [3.8, 4) is 5.75 Å². The van der Waals surface area contributed by atoms with Crippen molar-refractivity contribution in [2.45, 2.75) is 31.7 Å². The molecule has 5 nitrogen and oxygen atoms in total. The molecule has 0 saturated carbocycles. The van der Waals surface area contributed by atoms with Crippen molar-refractivity contribution in [3.63, 3.8) is 0 Å². The zero-order valence-electron chi connectivity index (χ0n) is 9.54. The van der Waals surface area contributed by atoms with Crippen LogP contribution in [0.15, 0.2) is 18.2 Å². The summed E-state index contributed by atoms with van der Waals surface area (Å²) in [7, 11) is 0. The summed E-state index contributed by atoms with van der Waals surface area (Å²) in [5, 5.41) is 28.7. The van der Waals surface area contributed by atoms with Gasteiger partial charge in [0.1, 0.15) is 11.9 Å². The molecule has 1 aromatic rings. The molecule has 2 rings (SSSR count). The van der Waals surface area contributed by atoms with E-state index in [0.717, 1.165) is 0 Å². The molecule has 92 valence electrons. The minimum atomic E-state index is -1.21. The van der Waals surface area contributed by atoms with Gasteiger partial charge in [0, 0.05) is 5.56 Å². The molecule has 0 spiro atoms. The molecule has 17 heavy (non-hydrogen) atoms. The van der Waals surface area contributed by atoms with Gasteiger partial charge in [-0.25, -0.2) is 4.79 Å². The van der Waals surface area contributed by atoms with Crippen molar-refractivity contribution >= 4 is 5.97 Å². The standard InChI is InChI=1S/C12H14O5/c1-12(2,16)10-9(13)7-5-6(11(14)15)3-4-8(7)17-10/h3-5,9-10,13,16H,1-2H3,(H,14,15). The molecule has 0 radical (unpaired) electrons. The Morgan fingerprint density at radius 1 is 1.41 bits per heavy atom. The minimum absolute atomic E-state index is 0.0859. The monoisotopic (exact) mass is 238 g/mol. The van der Waals surface area contributed by atoms with E-state index in [4.69, 9.17) is 9.84 Å². The lowest BCUT2D eigenvalue weighted by Crippen LogP contribution is -2.41. The third-order valence-electron chi connectivity index (χ3n) is 2.81. The van der Waals surface area contributed by atoms with E-state index in [1.165, 1.54) is 32.0 Å². The molecular weight excluding hydrogens is 224 g/mol. The number of carboxylic acid groups (broad SMARTS) is 1. The Morgan fingerprint density at radius 3 is 2.59 bits per heavy atom. The van der Waals surface area contributed by atoms with Gasteiger partial charge < -0.3 is 20.1 Å². The molecule has 1 aliphatic heterocycles. The predicted octanol–water partition coefficient (Wildman–Crippen LogP) is 0.950. The molecule has 1 heterocycles. The number of rotatable bonds is 2. The van der Waals surface area contributed by atoms with Crippen LogP contribution in [-0.2, 0) is 0 Å². The van der Waals surface area contributed by atoms with Gasteiger partial charge >= 0.3 is 5.97 Å². The summed E-state index contributed by atoms with van der Waals surface area (Å²) in [4.78, 5) is 10.8.